The van der Waals surface area contributed by atoms with Gasteiger partial charge in [-0.15, -0.1) is 0 Å². The largest absolute Gasteiger partial charge is 0.507 e. The number of carboxylic acids is 1. The summed E-state index contributed by atoms with van der Waals surface area (Å²) in [7, 11) is 0. The van der Waals surface area contributed by atoms with Crippen molar-refractivity contribution >= 4 is 23.4 Å². The van der Waals surface area contributed by atoms with Gasteiger partial charge in [-0.05, 0) is 70.9 Å². The van der Waals surface area contributed by atoms with E-state index in [-0.39, 0.29) is 47.1 Å². The van der Waals surface area contributed by atoms with Gasteiger partial charge in [0, 0.05) is 11.0 Å². The minimum atomic E-state index is -2.60. The normalized spacial score (nSPS) is 34.8. The molecule has 0 spiro atoms. The first-order valence-corrected chi connectivity index (χ1v) is 15.0. The number of carboxylic acid groups (broad SMARTS) is 1. The van der Waals surface area contributed by atoms with E-state index in [4.69, 9.17) is 5.73 Å². The van der Waals surface area contributed by atoms with Crippen LogP contribution in [0.1, 0.15) is 85.7 Å². The Hall–Kier alpha value is -3.60. The number of primary amides is 1. The Morgan fingerprint density at radius 1 is 1.05 bits per heavy atom. The number of nitrogens with two attached hydrogens (primary N) is 1. The number of amides is 1. The average Bonchev–Trinajstić information content (AvgIpc) is 2.90. The molecule has 0 saturated heterocycles. The number of phenolic OH excluding ortho intramolecular Hbond substituents is 1. The van der Waals surface area contributed by atoms with Gasteiger partial charge in [0.15, 0.2) is 17.2 Å². The lowest BCUT2D eigenvalue weighted by molar-refractivity contribution is -0.265. The zero-order valence-corrected chi connectivity index (χ0v) is 25.8. The molecule has 10 nitrogen and oxygen atoms in total. The molecule has 0 heterocycles. The van der Waals surface area contributed by atoms with E-state index in [9.17, 15) is 44.7 Å². The molecule has 0 aromatic heterocycles. The van der Waals surface area contributed by atoms with Crippen LogP contribution in [0, 0.1) is 34.5 Å². The predicted octanol–water partition coefficient (Wildman–Crippen LogP) is 3.06. The van der Waals surface area contributed by atoms with Gasteiger partial charge >= 0.3 is 5.97 Å². The summed E-state index contributed by atoms with van der Waals surface area (Å²) in [4.78, 5) is 52.6. The molecule has 0 radical (unpaired) electrons. The molecule has 5 rings (SSSR count). The average molecular weight is 608 g/mol. The number of rotatable bonds is 5. The van der Waals surface area contributed by atoms with Crippen LogP contribution in [-0.2, 0) is 16.0 Å². The Kier molecular flexibility index (Phi) is 7.39. The first-order valence-electron chi connectivity index (χ1n) is 15.0. The maximum Gasteiger partial charge on any atom is 0.335 e. The second-order valence-corrected chi connectivity index (χ2v) is 14.2. The highest BCUT2D eigenvalue weighted by molar-refractivity contribution is 6.10. The monoisotopic (exact) mass is 607 g/mol. The summed E-state index contributed by atoms with van der Waals surface area (Å²) in [5.74, 6) is -8.85. The minimum absolute atomic E-state index is 0.00413. The summed E-state index contributed by atoms with van der Waals surface area (Å²) >= 11 is 0. The number of ketones is 2. The molecule has 3 aliphatic rings. The van der Waals surface area contributed by atoms with E-state index in [1.807, 2.05) is 20.8 Å². The van der Waals surface area contributed by atoms with Crippen LogP contribution in [0.2, 0.25) is 0 Å². The van der Waals surface area contributed by atoms with Gasteiger partial charge in [-0.25, -0.2) is 4.79 Å². The molecular weight excluding hydrogens is 566 g/mol. The Morgan fingerprint density at radius 2 is 1.68 bits per heavy atom. The van der Waals surface area contributed by atoms with Gasteiger partial charge in [0.2, 0.25) is 5.91 Å². The molecular formula is C34H41NO9. The highest BCUT2D eigenvalue weighted by Gasteiger charge is 2.76. The standard InChI is InChI=1S/C34H41NO9/c1-14(2)18-11-19(16-8-7-9-17(10-16)31(42)43)25(36)21-20(18)12-32(5)13-33(6)23(15(3)4)27(38)22(30(35)41)28(39)34(33,44)29(40)24(32)26(21)37/h7-11,14-15,22-24,27,29,36,38,40,44H,12-13H2,1-6H3,(H2,35,41)(H,42,43)/t22-,23+,24-,27?,29?,32-,33-,34+/m1/s1. The van der Waals surface area contributed by atoms with Gasteiger partial charge in [0.25, 0.3) is 0 Å². The summed E-state index contributed by atoms with van der Waals surface area (Å²) in [6, 6.07) is 7.74. The Labute approximate surface area is 255 Å². The van der Waals surface area contributed by atoms with Crippen molar-refractivity contribution in [1.29, 1.82) is 0 Å². The second kappa shape index (κ2) is 10.2. The lowest BCUT2D eigenvalue weighted by Crippen LogP contribution is -2.79. The van der Waals surface area contributed by atoms with Gasteiger partial charge in [-0.2, -0.15) is 0 Å². The van der Waals surface area contributed by atoms with Crippen LogP contribution in [0.25, 0.3) is 11.1 Å². The molecule has 7 N–H and O–H groups in total. The van der Waals surface area contributed by atoms with Crippen LogP contribution < -0.4 is 5.73 Å². The maximum atomic E-state index is 14.6. The number of aliphatic hydroxyl groups is 3. The third-order valence-electron chi connectivity index (χ3n) is 10.9. The highest BCUT2D eigenvalue weighted by atomic mass is 16.4. The lowest BCUT2D eigenvalue weighted by atomic mass is 9.39. The fourth-order valence-electron chi connectivity index (χ4n) is 9.18. The summed E-state index contributed by atoms with van der Waals surface area (Å²) in [6.45, 7) is 10.9. The number of phenols is 1. The number of aromatic carboxylic acids is 1. The number of fused-ring (bicyclic) bond motifs is 3. The molecule has 2 aromatic carbocycles. The molecule has 0 aliphatic heterocycles. The van der Waals surface area contributed by atoms with Gasteiger partial charge < -0.3 is 31.3 Å². The van der Waals surface area contributed by atoms with Crippen molar-refractivity contribution in [2.75, 3.05) is 0 Å². The third-order valence-corrected chi connectivity index (χ3v) is 10.9. The van der Waals surface area contributed by atoms with Crippen molar-refractivity contribution in [3.8, 4) is 16.9 Å². The van der Waals surface area contributed by atoms with Crippen LogP contribution in [0.4, 0.5) is 0 Å². The minimum Gasteiger partial charge on any atom is -0.507 e. The van der Waals surface area contributed by atoms with Crippen molar-refractivity contribution in [2.45, 2.75) is 78.1 Å². The zero-order chi connectivity index (χ0) is 32.8. The van der Waals surface area contributed by atoms with Crippen LogP contribution in [0.3, 0.4) is 0 Å². The van der Waals surface area contributed by atoms with Gasteiger partial charge in [-0.3, -0.25) is 14.4 Å². The van der Waals surface area contributed by atoms with E-state index in [0.29, 0.717) is 11.1 Å². The third kappa shape index (κ3) is 4.10. The van der Waals surface area contributed by atoms with Crippen LogP contribution in [0.5, 0.6) is 5.75 Å². The molecule has 2 aromatic rings. The summed E-state index contributed by atoms with van der Waals surface area (Å²) < 4.78 is 0. The topological polar surface area (TPSA) is 195 Å². The van der Waals surface area contributed by atoms with Gasteiger partial charge in [0.05, 0.1) is 23.1 Å². The molecule has 1 amide bonds. The fraction of sp³-hybridized carbons (Fsp3) is 0.529. The van der Waals surface area contributed by atoms with E-state index >= 15 is 0 Å². The predicted molar refractivity (Wildman–Crippen MR) is 160 cm³/mol. The quantitative estimate of drug-likeness (QED) is 0.277. The van der Waals surface area contributed by atoms with Crippen LogP contribution in [-0.4, -0.2) is 66.8 Å². The second-order valence-electron chi connectivity index (χ2n) is 14.2. The summed E-state index contributed by atoms with van der Waals surface area (Å²) in [5, 5.41) is 56.8. The van der Waals surface area contributed by atoms with Crippen molar-refractivity contribution in [2.24, 2.45) is 40.2 Å². The summed E-state index contributed by atoms with van der Waals surface area (Å²) in [5.41, 5.74) is 2.41. The number of aromatic hydroxyl groups is 1. The molecule has 10 heteroatoms. The molecule has 3 aliphatic carbocycles. The van der Waals surface area contributed by atoms with Gasteiger partial charge in [-0.1, -0.05) is 53.7 Å². The van der Waals surface area contributed by atoms with E-state index in [2.05, 4.69) is 0 Å². The summed E-state index contributed by atoms with van der Waals surface area (Å²) in [6.07, 6.45) is -3.20. The van der Waals surface area contributed by atoms with Crippen molar-refractivity contribution in [3.05, 3.63) is 52.6 Å². The fourth-order valence-corrected chi connectivity index (χ4v) is 9.18. The van der Waals surface area contributed by atoms with E-state index in [1.54, 1.807) is 32.9 Å². The molecule has 236 valence electrons. The molecule has 2 fully saturated rings. The number of carbonyl (C=O) groups is 4. The number of hydrogen-bond acceptors (Lipinski definition) is 8. The number of hydrogen-bond donors (Lipinski definition) is 6. The van der Waals surface area contributed by atoms with E-state index in [1.165, 1.54) is 18.2 Å². The van der Waals surface area contributed by atoms with Crippen molar-refractivity contribution in [1.82, 2.24) is 0 Å². The zero-order valence-electron chi connectivity index (χ0n) is 25.8. The number of carbonyl (C=O) groups excluding carboxylic acids is 3. The first kappa shape index (κ1) is 31.8. The maximum absolute atomic E-state index is 14.6. The van der Waals surface area contributed by atoms with Crippen LogP contribution >= 0.6 is 0 Å². The van der Waals surface area contributed by atoms with E-state index < -0.39 is 69.8 Å². The molecule has 8 atom stereocenters. The van der Waals surface area contributed by atoms with Crippen molar-refractivity contribution < 1.29 is 44.7 Å². The van der Waals surface area contributed by atoms with Gasteiger partial charge in [0.1, 0.15) is 17.8 Å². The molecule has 2 saturated carbocycles. The Balaban J connectivity index is 1.75. The number of Topliss-reactive ketones (excluding diaryl/α,β-unsaturated/α-hetero) is 2. The molecule has 0 bridgehead atoms. The highest BCUT2D eigenvalue weighted by Crippen LogP contribution is 2.66. The molecule has 2 unspecified atom stereocenters. The van der Waals surface area contributed by atoms with Crippen LogP contribution in [0.15, 0.2) is 30.3 Å². The lowest BCUT2D eigenvalue weighted by Gasteiger charge is -2.66. The first-order chi connectivity index (χ1) is 20.3. The Morgan fingerprint density at radius 3 is 2.23 bits per heavy atom. The van der Waals surface area contributed by atoms with E-state index in [0.717, 1.165) is 5.56 Å². The smallest absolute Gasteiger partial charge is 0.335 e. The van der Waals surface area contributed by atoms with Crippen molar-refractivity contribution in [3.63, 3.8) is 0 Å². The Bertz CT molecular complexity index is 1600. The SMILES string of the molecule is CC(C)c1cc(-c2cccc(C(=O)O)c2)c(O)c2c1C[C@]1(C)C[C@]3(C)[C@@H](C(C)C)C(O)[C@@H](C(N)=O)C(=O)[C@]3(O)C(O)[C@H]1C2=O. The molecule has 44 heavy (non-hydrogen) atoms. The number of aliphatic hydroxyl groups excluding tert-OH is 2. The number of benzene rings is 2.